The summed E-state index contributed by atoms with van der Waals surface area (Å²) in [5.41, 5.74) is 5.47. The quantitative estimate of drug-likeness (QED) is 0.359. The maximum atomic E-state index is 6.26. The van der Waals surface area contributed by atoms with E-state index in [9.17, 15) is 0 Å². The van der Waals surface area contributed by atoms with E-state index in [1.54, 1.807) is 0 Å². The van der Waals surface area contributed by atoms with Gasteiger partial charge in [0.25, 0.3) is 0 Å². The number of aromatic amines is 1. The number of hydrogen-bond acceptors (Lipinski definition) is 4. The van der Waals surface area contributed by atoms with Gasteiger partial charge in [-0.3, -0.25) is 4.68 Å². The highest BCUT2D eigenvalue weighted by Crippen LogP contribution is 2.27. The first-order chi connectivity index (χ1) is 15.5. The van der Waals surface area contributed by atoms with E-state index in [1.807, 2.05) is 66.5 Å². The van der Waals surface area contributed by atoms with Crippen LogP contribution >= 0.6 is 11.6 Å². The number of aryl methyl sites for hydroxylation is 1. The van der Waals surface area contributed by atoms with Gasteiger partial charge < -0.3 is 9.84 Å². The molecule has 2 aromatic carbocycles. The second kappa shape index (κ2) is 8.28. The van der Waals surface area contributed by atoms with Crippen molar-refractivity contribution in [1.29, 1.82) is 0 Å². The lowest BCUT2D eigenvalue weighted by Crippen LogP contribution is -2.06. The van der Waals surface area contributed by atoms with Crippen LogP contribution in [0.25, 0.3) is 33.5 Å². The molecule has 7 heteroatoms. The molecule has 0 saturated carbocycles. The van der Waals surface area contributed by atoms with Gasteiger partial charge in [-0.1, -0.05) is 31.5 Å². The molecule has 0 aliphatic rings. The topological polar surface area (TPSA) is 68.6 Å². The first-order valence-corrected chi connectivity index (χ1v) is 11.0. The van der Waals surface area contributed by atoms with Crippen LogP contribution in [0.1, 0.15) is 25.1 Å². The molecule has 0 spiro atoms. The summed E-state index contributed by atoms with van der Waals surface area (Å²) in [6.45, 7) is 4.92. The molecule has 0 unspecified atom stereocenters. The summed E-state index contributed by atoms with van der Waals surface area (Å²) < 4.78 is 7.97. The van der Waals surface area contributed by atoms with Crippen LogP contribution in [0.5, 0.6) is 5.75 Å². The molecule has 0 amide bonds. The lowest BCUT2D eigenvalue weighted by Gasteiger charge is -2.13. The fourth-order valence-electron chi connectivity index (χ4n) is 3.75. The molecule has 0 aliphatic carbocycles. The highest BCUT2D eigenvalue weighted by Gasteiger charge is 2.13. The van der Waals surface area contributed by atoms with Gasteiger partial charge in [0.1, 0.15) is 11.4 Å². The minimum atomic E-state index is 0.443. The number of pyridine rings is 1. The molecular formula is C25H24ClN5O. The van der Waals surface area contributed by atoms with Crippen LogP contribution in [0.2, 0.25) is 5.02 Å². The Hall–Kier alpha value is -3.38. The summed E-state index contributed by atoms with van der Waals surface area (Å²) >= 11 is 6.26. The van der Waals surface area contributed by atoms with Gasteiger partial charge in [0.05, 0.1) is 23.2 Å². The van der Waals surface area contributed by atoms with Crippen molar-refractivity contribution in [2.75, 3.05) is 6.61 Å². The van der Waals surface area contributed by atoms with Crippen LogP contribution in [0, 0.1) is 5.92 Å². The van der Waals surface area contributed by atoms with Crippen LogP contribution in [-0.4, -0.2) is 31.3 Å². The number of ether oxygens (including phenoxy) is 1. The molecule has 1 N–H and O–H groups in total. The Morgan fingerprint density at radius 1 is 1.03 bits per heavy atom. The monoisotopic (exact) mass is 445 g/mol. The Labute approximate surface area is 191 Å². The molecular weight excluding hydrogens is 422 g/mol. The second-order valence-corrected chi connectivity index (χ2v) is 8.86. The largest absolute Gasteiger partial charge is 0.493 e. The predicted octanol–water partition coefficient (Wildman–Crippen LogP) is 5.79. The number of benzene rings is 2. The van der Waals surface area contributed by atoms with Crippen molar-refractivity contribution in [3.8, 4) is 17.3 Å². The van der Waals surface area contributed by atoms with Gasteiger partial charge in [-0.05, 0) is 48.4 Å². The normalized spacial score (nSPS) is 11.7. The smallest absolute Gasteiger partial charge is 0.179 e. The fourth-order valence-corrected chi connectivity index (χ4v) is 3.95. The molecule has 6 nitrogen and oxygen atoms in total. The molecule has 0 bridgehead atoms. The van der Waals surface area contributed by atoms with E-state index in [4.69, 9.17) is 31.3 Å². The standard InChI is InChI=1S/C25H24ClN5O/c1-15(2)14-32-24-8-7-18(26)9-16(24)10-19-5-4-6-20(28-19)25-29-21-11-17-13-27-31(3)23(17)12-22(21)30-25/h4-9,11-13,15,27H,10,14H2,1-3H3. The molecule has 0 saturated heterocycles. The summed E-state index contributed by atoms with van der Waals surface area (Å²) in [4.78, 5) is 14.3. The van der Waals surface area contributed by atoms with Crippen LogP contribution in [-0.2, 0) is 13.5 Å². The zero-order valence-electron chi connectivity index (χ0n) is 18.3. The van der Waals surface area contributed by atoms with Crippen molar-refractivity contribution in [3.05, 3.63) is 71.0 Å². The van der Waals surface area contributed by atoms with E-state index in [0.717, 1.165) is 44.6 Å². The van der Waals surface area contributed by atoms with Gasteiger partial charge in [0, 0.05) is 41.3 Å². The Morgan fingerprint density at radius 2 is 1.84 bits per heavy atom. The van der Waals surface area contributed by atoms with E-state index >= 15 is 0 Å². The van der Waals surface area contributed by atoms with Crippen molar-refractivity contribution in [2.45, 2.75) is 20.3 Å². The summed E-state index contributed by atoms with van der Waals surface area (Å²) in [6, 6.07) is 15.8. The summed E-state index contributed by atoms with van der Waals surface area (Å²) in [5, 5.41) is 4.95. The van der Waals surface area contributed by atoms with Crippen LogP contribution in [0.3, 0.4) is 0 Å². The predicted molar refractivity (Wildman–Crippen MR) is 128 cm³/mol. The molecule has 5 aromatic rings. The Kier molecular flexibility index (Phi) is 5.31. The number of rotatable bonds is 6. The number of aromatic nitrogens is 5. The zero-order valence-corrected chi connectivity index (χ0v) is 19.0. The number of hydrogen-bond donors (Lipinski definition) is 1. The van der Waals surface area contributed by atoms with Gasteiger partial charge in [0.15, 0.2) is 5.82 Å². The summed E-state index contributed by atoms with van der Waals surface area (Å²) in [6.07, 6.45) is 2.58. The molecule has 162 valence electrons. The van der Waals surface area contributed by atoms with E-state index in [2.05, 4.69) is 18.9 Å². The van der Waals surface area contributed by atoms with E-state index < -0.39 is 0 Å². The van der Waals surface area contributed by atoms with Gasteiger partial charge in [-0.2, -0.15) is 0 Å². The number of halogens is 1. The van der Waals surface area contributed by atoms with Gasteiger partial charge in [-0.25, -0.2) is 15.0 Å². The third-order valence-electron chi connectivity index (χ3n) is 5.35. The number of H-pyrrole nitrogens is 1. The zero-order chi connectivity index (χ0) is 22.2. The van der Waals surface area contributed by atoms with E-state index in [0.29, 0.717) is 29.8 Å². The maximum Gasteiger partial charge on any atom is 0.179 e. The first-order valence-electron chi connectivity index (χ1n) is 10.7. The minimum Gasteiger partial charge on any atom is -0.493 e. The van der Waals surface area contributed by atoms with Gasteiger partial charge >= 0.3 is 0 Å². The summed E-state index contributed by atoms with van der Waals surface area (Å²) in [7, 11) is 1.98. The first kappa shape index (κ1) is 20.5. The lowest BCUT2D eigenvalue weighted by atomic mass is 10.1. The van der Waals surface area contributed by atoms with Gasteiger partial charge in [-0.15, -0.1) is 0 Å². The van der Waals surface area contributed by atoms with Gasteiger partial charge in [0.2, 0.25) is 0 Å². The molecule has 5 rings (SSSR count). The average Bonchev–Trinajstić information content (AvgIpc) is 3.35. The highest BCUT2D eigenvalue weighted by atomic mass is 35.5. The Bertz CT molecular complexity index is 1420. The van der Waals surface area contributed by atoms with Crippen molar-refractivity contribution in [2.24, 2.45) is 13.0 Å². The molecule has 0 radical (unpaired) electrons. The highest BCUT2D eigenvalue weighted by molar-refractivity contribution is 6.30. The number of fused-ring (bicyclic) bond motifs is 2. The van der Waals surface area contributed by atoms with Crippen molar-refractivity contribution in [3.63, 3.8) is 0 Å². The number of nitrogens with one attached hydrogen (secondary N) is 1. The Morgan fingerprint density at radius 3 is 2.66 bits per heavy atom. The molecule has 32 heavy (non-hydrogen) atoms. The molecule has 0 fully saturated rings. The SMILES string of the molecule is CC(C)COc1ccc(Cl)cc1Cc1cccc(-c2nc3cc4c[nH]n(C)c4cc3n2)n1. The minimum absolute atomic E-state index is 0.443. The van der Waals surface area contributed by atoms with Crippen molar-refractivity contribution in [1.82, 2.24) is 24.7 Å². The van der Waals surface area contributed by atoms with Crippen molar-refractivity contribution >= 4 is 33.5 Å². The van der Waals surface area contributed by atoms with Crippen LogP contribution in [0.15, 0.2) is 54.7 Å². The molecule has 3 heterocycles. The van der Waals surface area contributed by atoms with E-state index in [-0.39, 0.29) is 0 Å². The van der Waals surface area contributed by atoms with Crippen LogP contribution in [0.4, 0.5) is 0 Å². The third kappa shape index (κ3) is 4.06. The fraction of sp³-hybridized carbons (Fsp3) is 0.240. The molecule has 0 aliphatic heterocycles. The molecule has 3 aromatic heterocycles. The Balaban J connectivity index is 1.46. The maximum absolute atomic E-state index is 6.26. The van der Waals surface area contributed by atoms with Crippen LogP contribution < -0.4 is 4.74 Å². The third-order valence-corrected chi connectivity index (χ3v) is 5.59. The summed E-state index contributed by atoms with van der Waals surface area (Å²) in [5.74, 6) is 1.91. The molecule has 0 atom stereocenters. The lowest BCUT2D eigenvalue weighted by molar-refractivity contribution is 0.269. The second-order valence-electron chi connectivity index (χ2n) is 8.43. The number of nitrogens with zero attached hydrogens (tertiary/aromatic N) is 4. The van der Waals surface area contributed by atoms with E-state index in [1.165, 1.54) is 0 Å². The number of imidazole rings is 1. The average molecular weight is 446 g/mol. The van der Waals surface area contributed by atoms with Crippen molar-refractivity contribution < 1.29 is 4.74 Å².